The predicted octanol–water partition coefficient (Wildman–Crippen LogP) is 2.20. The van der Waals surface area contributed by atoms with Crippen LogP contribution in [0.15, 0.2) is 24.3 Å². The predicted molar refractivity (Wildman–Crippen MR) is 96.2 cm³/mol. The van der Waals surface area contributed by atoms with Crippen LogP contribution in [0.4, 0.5) is 0 Å². The third-order valence-corrected chi connectivity index (χ3v) is 4.21. The summed E-state index contributed by atoms with van der Waals surface area (Å²) in [7, 11) is 0. The molecule has 1 N–H and O–H groups in total. The molecule has 0 bridgehead atoms. The molecule has 6 nitrogen and oxygen atoms in total. The van der Waals surface area contributed by atoms with Crippen molar-refractivity contribution in [2.75, 3.05) is 26.3 Å². The minimum atomic E-state index is -0.509. The summed E-state index contributed by atoms with van der Waals surface area (Å²) in [5, 5.41) is 2.44. The monoisotopic (exact) mass is 368 g/mol. The Balaban J connectivity index is 1.76. The van der Waals surface area contributed by atoms with Crippen LogP contribution in [-0.2, 0) is 9.59 Å². The molecule has 1 fully saturated rings. The van der Waals surface area contributed by atoms with Crippen molar-refractivity contribution in [3.8, 4) is 11.5 Å². The maximum absolute atomic E-state index is 12.1. The van der Waals surface area contributed by atoms with Crippen molar-refractivity contribution in [3.63, 3.8) is 0 Å². The largest absolute Gasteiger partial charge is 0.490 e. The highest BCUT2D eigenvalue weighted by Gasteiger charge is 2.25. The highest BCUT2D eigenvalue weighted by molar-refractivity contribution is 6.30. The number of nitrogens with zero attached hydrogens (tertiary/aromatic N) is 1. The van der Waals surface area contributed by atoms with Gasteiger partial charge in [-0.3, -0.25) is 9.59 Å². The molecule has 0 spiro atoms. The summed E-state index contributed by atoms with van der Waals surface area (Å²) in [4.78, 5) is 25.7. The minimum Gasteiger partial charge on any atom is -0.490 e. The number of hydrogen-bond donors (Lipinski definition) is 1. The summed E-state index contributed by atoms with van der Waals surface area (Å²) < 4.78 is 11.0. The van der Waals surface area contributed by atoms with Crippen molar-refractivity contribution in [2.24, 2.45) is 0 Å². The van der Waals surface area contributed by atoms with E-state index in [9.17, 15) is 9.59 Å². The van der Waals surface area contributed by atoms with Crippen molar-refractivity contribution in [1.82, 2.24) is 10.2 Å². The van der Waals surface area contributed by atoms with Gasteiger partial charge >= 0.3 is 0 Å². The van der Waals surface area contributed by atoms with Crippen LogP contribution in [0.5, 0.6) is 11.5 Å². The number of hydrogen-bond acceptors (Lipinski definition) is 4. The number of alkyl halides is 1. The molecule has 1 atom stereocenters. The number of para-hydroxylation sites is 2. The van der Waals surface area contributed by atoms with E-state index in [1.165, 1.54) is 0 Å². The maximum Gasteiger partial charge on any atom is 0.258 e. The zero-order chi connectivity index (χ0) is 18.2. The third-order valence-electron chi connectivity index (χ3n) is 4.02. The summed E-state index contributed by atoms with van der Waals surface area (Å²) in [6, 6.07) is 7.32. The molecule has 1 unspecified atom stereocenters. The average molecular weight is 369 g/mol. The Labute approximate surface area is 153 Å². The quantitative estimate of drug-likeness (QED) is 0.749. The fraction of sp³-hybridized carbons (Fsp3) is 0.556. The van der Waals surface area contributed by atoms with E-state index in [0.717, 1.165) is 12.8 Å². The van der Waals surface area contributed by atoms with Gasteiger partial charge in [0.2, 0.25) is 5.91 Å². The molecular weight excluding hydrogens is 344 g/mol. The van der Waals surface area contributed by atoms with E-state index in [1.807, 2.05) is 19.1 Å². The summed E-state index contributed by atoms with van der Waals surface area (Å²) in [6.45, 7) is 5.25. The van der Waals surface area contributed by atoms with Gasteiger partial charge in [0.1, 0.15) is 5.38 Å². The van der Waals surface area contributed by atoms with Crippen LogP contribution in [-0.4, -0.2) is 54.4 Å². The highest BCUT2D eigenvalue weighted by atomic mass is 35.5. The first-order valence-electron chi connectivity index (χ1n) is 8.58. The van der Waals surface area contributed by atoms with Crippen molar-refractivity contribution < 1.29 is 19.1 Å². The van der Waals surface area contributed by atoms with Crippen molar-refractivity contribution in [2.45, 2.75) is 38.1 Å². The first-order valence-corrected chi connectivity index (χ1v) is 9.01. The Morgan fingerprint density at radius 3 is 2.40 bits per heavy atom. The van der Waals surface area contributed by atoms with E-state index in [1.54, 1.807) is 24.0 Å². The molecule has 7 heteroatoms. The summed E-state index contributed by atoms with van der Waals surface area (Å²) in [5.41, 5.74) is 0. The number of rotatable bonds is 7. The van der Waals surface area contributed by atoms with E-state index in [4.69, 9.17) is 21.1 Å². The molecule has 2 rings (SSSR count). The first kappa shape index (κ1) is 19.4. The lowest BCUT2D eigenvalue weighted by molar-refractivity contribution is -0.131. The molecule has 0 aliphatic carbocycles. The Bertz CT molecular complexity index is 586. The molecule has 1 heterocycles. The molecule has 0 saturated carbocycles. The number of benzene rings is 1. The molecule has 1 aliphatic rings. The Morgan fingerprint density at radius 1 is 1.24 bits per heavy atom. The number of nitrogens with one attached hydrogen (secondary N) is 1. The number of amides is 2. The van der Waals surface area contributed by atoms with E-state index in [2.05, 4.69) is 5.32 Å². The number of likely N-dealkylation sites (tertiary alicyclic amines) is 1. The summed E-state index contributed by atoms with van der Waals surface area (Å²) in [5.74, 6) is 0.944. The van der Waals surface area contributed by atoms with Crippen LogP contribution < -0.4 is 14.8 Å². The van der Waals surface area contributed by atoms with E-state index >= 15 is 0 Å². The minimum absolute atomic E-state index is 0.0490. The molecule has 25 heavy (non-hydrogen) atoms. The van der Waals surface area contributed by atoms with Crippen molar-refractivity contribution in [1.29, 1.82) is 0 Å². The standard InChI is InChI=1S/C18H25ClN2O4/c1-3-24-15-6-4-5-7-16(15)25-12-17(22)20-14-8-10-21(11-9-14)18(23)13(2)19/h4-7,13-14H,3,8-12H2,1-2H3,(H,20,22). The maximum atomic E-state index is 12.1. The molecule has 1 aromatic rings. The lowest BCUT2D eigenvalue weighted by atomic mass is 10.0. The first-order chi connectivity index (χ1) is 12.0. The van der Waals surface area contributed by atoms with E-state index < -0.39 is 5.38 Å². The molecule has 1 aromatic carbocycles. The van der Waals surface area contributed by atoms with E-state index in [-0.39, 0.29) is 24.5 Å². The molecule has 0 aromatic heterocycles. The zero-order valence-corrected chi connectivity index (χ0v) is 15.4. The second-order valence-electron chi connectivity index (χ2n) is 5.95. The normalized spacial score (nSPS) is 16.2. The Kier molecular flexibility index (Phi) is 7.37. The molecule has 1 saturated heterocycles. The highest BCUT2D eigenvalue weighted by Crippen LogP contribution is 2.26. The second-order valence-corrected chi connectivity index (χ2v) is 6.61. The summed E-state index contributed by atoms with van der Waals surface area (Å²) in [6.07, 6.45) is 1.44. The van der Waals surface area contributed by atoms with Gasteiger partial charge in [-0.15, -0.1) is 11.6 Å². The van der Waals surface area contributed by atoms with Gasteiger partial charge in [0.15, 0.2) is 18.1 Å². The second kappa shape index (κ2) is 9.51. The lowest BCUT2D eigenvalue weighted by Crippen LogP contribution is -2.48. The number of carbonyl (C=O) groups is 2. The topological polar surface area (TPSA) is 67.9 Å². The molecular formula is C18H25ClN2O4. The van der Waals surface area contributed by atoms with Crippen LogP contribution in [0, 0.1) is 0 Å². The Hall–Kier alpha value is -1.95. The average Bonchev–Trinajstić information content (AvgIpc) is 2.61. The fourth-order valence-corrected chi connectivity index (χ4v) is 2.89. The molecule has 2 amide bonds. The van der Waals surface area contributed by atoms with Crippen molar-refractivity contribution >= 4 is 23.4 Å². The van der Waals surface area contributed by atoms with Crippen LogP contribution >= 0.6 is 11.6 Å². The van der Waals surface area contributed by atoms with Crippen LogP contribution in [0.2, 0.25) is 0 Å². The number of carbonyl (C=O) groups excluding carboxylic acids is 2. The van der Waals surface area contributed by atoms with Gasteiger partial charge in [-0.1, -0.05) is 12.1 Å². The van der Waals surface area contributed by atoms with Gasteiger partial charge in [0.05, 0.1) is 6.61 Å². The van der Waals surface area contributed by atoms with Gasteiger partial charge < -0.3 is 19.7 Å². The number of ether oxygens (including phenoxy) is 2. The lowest BCUT2D eigenvalue weighted by Gasteiger charge is -2.33. The van der Waals surface area contributed by atoms with Gasteiger partial charge in [0, 0.05) is 19.1 Å². The van der Waals surface area contributed by atoms with Gasteiger partial charge in [-0.2, -0.15) is 0 Å². The summed E-state index contributed by atoms with van der Waals surface area (Å²) >= 11 is 5.83. The smallest absolute Gasteiger partial charge is 0.258 e. The van der Waals surface area contributed by atoms with E-state index in [0.29, 0.717) is 31.2 Å². The number of halogens is 1. The molecule has 0 radical (unpaired) electrons. The molecule has 138 valence electrons. The van der Waals surface area contributed by atoms with Crippen molar-refractivity contribution in [3.05, 3.63) is 24.3 Å². The van der Waals surface area contributed by atoms with Crippen LogP contribution in [0.3, 0.4) is 0 Å². The zero-order valence-electron chi connectivity index (χ0n) is 14.7. The number of piperidine rings is 1. The SMILES string of the molecule is CCOc1ccccc1OCC(=O)NC1CCN(C(=O)C(C)Cl)CC1. The third kappa shape index (κ3) is 5.81. The fourth-order valence-electron chi connectivity index (χ4n) is 2.75. The van der Waals surface area contributed by atoms with Crippen LogP contribution in [0.25, 0.3) is 0 Å². The van der Waals surface area contributed by atoms with Gasteiger partial charge in [-0.05, 0) is 38.8 Å². The molecule has 1 aliphatic heterocycles. The van der Waals surface area contributed by atoms with Gasteiger partial charge in [0.25, 0.3) is 5.91 Å². The Morgan fingerprint density at radius 2 is 1.84 bits per heavy atom. The van der Waals surface area contributed by atoms with Gasteiger partial charge in [-0.25, -0.2) is 0 Å². The van der Waals surface area contributed by atoms with Crippen LogP contribution in [0.1, 0.15) is 26.7 Å².